The molecule has 0 radical (unpaired) electrons. The Bertz CT molecular complexity index is 839. The Morgan fingerprint density at radius 3 is 2.88 bits per heavy atom. The predicted octanol–water partition coefficient (Wildman–Crippen LogP) is 1.89. The molecule has 3 rings (SSSR count). The summed E-state index contributed by atoms with van der Waals surface area (Å²) in [6.07, 6.45) is 3.39. The molecule has 1 amide bonds. The Kier molecular flexibility index (Phi) is 4.17. The van der Waals surface area contributed by atoms with Crippen LogP contribution >= 0.6 is 0 Å². The lowest BCUT2D eigenvalue weighted by Gasteiger charge is -2.39. The van der Waals surface area contributed by atoms with E-state index < -0.39 is 0 Å². The van der Waals surface area contributed by atoms with Gasteiger partial charge in [0.15, 0.2) is 6.19 Å². The summed E-state index contributed by atoms with van der Waals surface area (Å²) in [5, 5.41) is 24.1. The van der Waals surface area contributed by atoms with Crippen molar-refractivity contribution >= 4 is 5.91 Å². The van der Waals surface area contributed by atoms with Crippen LogP contribution in [0.3, 0.4) is 0 Å². The average Bonchev–Trinajstić information content (AvgIpc) is 3.06. The van der Waals surface area contributed by atoms with Crippen molar-refractivity contribution in [2.45, 2.75) is 24.9 Å². The number of hydrogen-bond donors (Lipinski definition) is 1. The van der Waals surface area contributed by atoms with Crippen molar-refractivity contribution in [3.63, 3.8) is 0 Å². The molecule has 1 saturated carbocycles. The first kappa shape index (κ1) is 15.6. The summed E-state index contributed by atoms with van der Waals surface area (Å²) in [6.45, 7) is 0. The number of nitriles is 2. The maximum absolute atomic E-state index is 12.5. The second-order valence-corrected chi connectivity index (χ2v) is 5.76. The Morgan fingerprint density at radius 2 is 2.17 bits per heavy atom. The second-order valence-electron chi connectivity index (χ2n) is 5.76. The Morgan fingerprint density at radius 1 is 1.38 bits per heavy atom. The van der Waals surface area contributed by atoms with Crippen molar-refractivity contribution in [2.24, 2.45) is 0 Å². The number of amides is 1. The molecule has 1 N–H and O–H groups in total. The van der Waals surface area contributed by atoms with Crippen molar-refractivity contribution < 1.29 is 9.32 Å². The van der Waals surface area contributed by atoms with E-state index in [0.717, 1.165) is 18.4 Å². The zero-order valence-corrected chi connectivity index (χ0v) is 13.1. The van der Waals surface area contributed by atoms with Gasteiger partial charge in [-0.2, -0.15) is 10.5 Å². The second kappa shape index (κ2) is 6.43. The van der Waals surface area contributed by atoms with Gasteiger partial charge in [-0.3, -0.25) is 4.79 Å². The number of hydrogen-bond acceptors (Lipinski definition) is 6. The first-order chi connectivity index (χ1) is 11.6. The van der Waals surface area contributed by atoms with E-state index in [-0.39, 0.29) is 23.8 Å². The van der Waals surface area contributed by atoms with Crippen molar-refractivity contribution in [3.05, 3.63) is 41.7 Å². The molecule has 1 heterocycles. The van der Waals surface area contributed by atoms with Crippen LogP contribution in [0, 0.1) is 22.8 Å². The van der Waals surface area contributed by atoms with Crippen LogP contribution in [0.4, 0.5) is 0 Å². The minimum absolute atomic E-state index is 0.0822. The summed E-state index contributed by atoms with van der Waals surface area (Å²) >= 11 is 0. The zero-order valence-electron chi connectivity index (χ0n) is 13.1. The third-order valence-corrected chi connectivity index (χ3v) is 4.26. The molecule has 1 aliphatic carbocycles. The fourth-order valence-electron chi connectivity index (χ4n) is 2.71. The molecule has 1 aliphatic rings. The topological polar surface area (TPSA) is 106 Å². The van der Waals surface area contributed by atoms with Gasteiger partial charge in [0.25, 0.3) is 5.91 Å². The smallest absolute Gasteiger partial charge is 0.292 e. The van der Waals surface area contributed by atoms with Gasteiger partial charge in [-0.05, 0) is 25.0 Å². The molecule has 1 aromatic heterocycles. The molecule has 0 saturated heterocycles. The van der Waals surface area contributed by atoms with Gasteiger partial charge >= 0.3 is 0 Å². The standard InChI is InChI=1S/C17H15N5O2/c1-22(14-6-13(7-14)20-10-19)17(23)16-8-15(21-24-16)12-4-2-3-11(5-12)9-18/h2-5,8,13-14,20H,6-7H2,1H3. The quantitative estimate of drug-likeness (QED) is 0.681. The normalized spacial score (nSPS) is 18.8. The van der Waals surface area contributed by atoms with Crippen molar-refractivity contribution in [3.8, 4) is 23.5 Å². The molecular weight excluding hydrogens is 306 g/mol. The molecule has 1 fully saturated rings. The van der Waals surface area contributed by atoms with Crippen LogP contribution in [0.2, 0.25) is 0 Å². The fourth-order valence-corrected chi connectivity index (χ4v) is 2.71. The summed E-state index contributed by atoms with van der Waals surface area (Å²) in [6, 6.07) is 10.8. The van der Waals surface area contributed by atoms with Crippen LogP contribution in [-0.4, -0.2) is 35.1 Å². The van der Waals surface area contributed by atoms with Crippen molar-refractivity contribution in [1.29, 1.82) is 10.5 Å². The lowest BCUT2D eigenvalue weighted by atomic mass is 9.86. The molecule has 24 heavy (non-hydrogen) atoms. The third-order valence-electron chi connectivity index (χ3n) is 4.26. The number of aromatic nitrogens is 1. The Balaban J connectivity index is 1.70. The van der Waals surface area contributed by atoms with E-state index in [1.165, 1.54) is 0 Å². The number of benzene rings is 1. The molecule has 1 aromatic carbocycles. The lowest BCUT2D eigenvalue weighted by Crippen LogP contribution is -2.51. The molecule has 0 atom stereocenters. The van der Waals surface area contributed by atoms with E-state index in [9.17, 15) is 4.79 Å². The first-order valence-electron chi connectivity index (χ1n) is 7.51. The highest BCUT2D eigenvalue weighted by molar-refractivity contribution is 5.92. The molecule has 0 aliphatic heterocycles. The van der Waals surface area contributed by atoms with Crippen LogP contribution in [-0.2, 0) is 0 Å². The zero-order chi connectivity index (χ0) is 17.1. The summed E-state index contributed by atoms with van der Waals surface area (Å²) in [4.78, 5) is 14.1. The number of nitrogens with zero attached hydrogens (tertiary/aromatic N) is 4. The van der Waals surface area contributed by atoms with E-state index in [0.29, 0.717) is 11.3 Å². The number of nitrogens with one attached hydrogen (secondary N) is 1. The van der Waals surface area contributed by atoms with Gasteiger partial charge < -0.3 is 14.7 Å². The summed E-state index contributed by atoms with van der Waals surface area (Å²) in [5.41, 5.74) is 1.76. The SMILES string of the molecule is CN(C(=O)c1cc(-c2cccc(C#N)c2)no1)C1CC(NC#N)C1. The third kappa shape index (κ3) is 2.92. The van der Waals surface area contributed by atoms with E-state index in [1.807, 2.05) is 6.19 Å². The van der Waals surface area contributed by atoms with Crippen LogP contribution in [0.5, 0.6) is 0 Å². The van der Waals surface area contributed by atoms with Gasteiger partial charge in [-0.1, -0.05) is 17.3 Å². The van der Waals surface area contributed by atoms with Crippen LogP contribution in [0.25, 0.3) is 11.3 Å². The summed E-state index contributed by atoms with van der Waals surface area (Å²) in [5.74, 6) is -0.0860. The van der Waals surface area contributed by atoms with Gasteiger partial charge in [0.2, 0.25) is 5.76 Å². The molecule has 2 aromatic rings. The summed E-state index contributed by atoms with van der Waals surface area (Å²) in [7, 11) is 1.72. The molecule has 7 heteroatoms. The van der Waals surface area contributed by atoms with Crippen LogP contribution in [0.1, 0.15) is 29.0 Å². The van der Waals surface area contributed by atoms with Crippen LogP contribution < -0.4 is 5.32 Å². The predicted molar refractivity (Wildman–Crippen MR) is 84.3 cm³/mol. The van der Waals surface area contributed by atoms with Crippen molar-refractivity contribution in [2.75, 3.05) is 7.05 Å². The fraction of sp³-hybridized carbons (Fsp3) is 0.294. The van der Waals surface area contributed by atoms with Gasteiger partial charge in [0.05, 0.1) is 11.6 Å². The maximum Gasteiger partial charge on any atom is 0.292 e. The molecule has 7 nitrogen and oxygen atoms in total. The lowest BCUT2D eigenvalue weighted by molar-refractivity contribution is 0.0569. The van der Waals surface area contributed by atoms with E-state index in [2.05, 4.69) is 16.5 Å². The minimum atomic E-state index is -0.245. The van der Waals surface area contributed by atoms with Gasteiger partial charge in [-0.15, -0.1) is 0 Å². The van der Waals surface area contributed by atoms with E-state index in [4.69, 9.17) is 15.0 Å². The first-order valence-corrected chi connectivity index (χ1v) is 7.51. The molecular formula is C17H15N5O2. The van der Waals surface area contributed by atoms with Gasteiger partial charge in [0.1, 0.15) is 5.69 Å². The largest absolute Gasteiger partial charge is 0.350 e. The number of rotatable bonds is 4. The van der Waals surface area contributed by atoms with E-state index in [1.54, 1.807) is 42.3 Å². The highest BCUT2D eigenvalue weighted by Gasteiger charge is 2.35. The van der Waals surface area contributed by atoms with Crippen LogP contribution in [0.15, 0.2) is 34.9 Å². The number of carbonyl (C=O) groups excluding carboxylic acids is 1. The molecule has 0 spiro atoms. The molecule has 0 unspecified atom stereocenters. The number of carbonyl (C=O) groups is 1. The maximum atomic E-state index is 12.5. The van der Waals surface area contributed by atoms with Gasteiger partial charge in [0, 0.05) is 30.8 Å². The minimum Gasteiger partial charge on any atom is -0.350 e. The Hall–Kier alpha value is -3.32. The molecule has 120 valence electrons. The van der Waals surface area contributed by atoms with E-state index >= 15 is 0 Å². The highest BCUT2D eigenvalue weighted by atomic mass is 16.5. The van der Waals surface area contributed by atoms with Crippen molar-refractivity contribution in [1.82, 2.24) is 15.4 Å². The monoisotopic (exact) mass is 321 g/mol. The molecule has 0 bridgehead atoms. The Labute approximate surface area is 139 Å². The summed E-state index contributed by atoms with van der Waals surface area (Å²) < 4.78 is 5.18. The highest BCUT2D eigenvalue weighted by Crippen LogP contribution is 2.27. The average molecular weight is 321 g/mol. The van der Waals surface area contributed by atoms with Gasteiger partial charge in [-0.25, -0.2) is 0 Å².